The topological polar surface area (TPSA) is 60.9 Å². The Morgan fingerprint density at radius 3 is 2.10 bits per heavy atom. The summed E-state index contributed by atoms with van der Waals surface area (Å²) in [6, 6.07) is 15.8. The highest BCUT2D eigenvalue weighted by atomic mass is 32.2. The fourth-order valence-electron chi connectivity index (χ4n) is 4.26. The molecule has 2 aromatic carbocycles. The molecule has 0 bridgehead atoms. The summed E-state index contributed by atoms with van der Waals surface area (Å²) < 4.78 is 25.6. The van der Waals surface area contributed by atoms with Gasteiger partial charge in [0.05, 0.1) is 11.4 Å². The number of amides is 1. The van der Waals surface area contributed by atoms with E-state index in [-0.39, 0.29) is 11.7 Å². The average Bonchev–Trinajstić information content (AvgIpc) is 3.13. The molecule has 2 fully saturated rings. The number of benzene rings is 2. The van der Waals surface area contributed by atoms with Gasteiger partial charge in [0.1, 0.15) is 0 Å². The van der Waals surface area contributed by atoms with Gasteiger partial charge in [-0.3, -0.25) is 14.0 Å². The quantitative estimate of drug-likeness (QED) is 0.714. The molecule has 6 nitrogen and oxygen atoms in total. The maximum absolute atomic E-state index is 12.9. The fourth-order valence-corrected chi connectivity index (χ4v) is 5.82. The van der Waals surface area contributed by atoms with Crippen LogP contribution in [0.2, 0.25) is 0 Å². The Labute approximate surface area is 185 Å². The SMILES string of the molecule is CC(C)c1ccc(CN2CCN(C(=O)c3ccc(N4CCCS4(=O)=O)cc3)CC2)cc1. The highest BCUT2D eigenvalue weighted by Crippen LogP contribution is 2.24. The summed E-state index contributed by atoms with van der Waals surface area (Å²) in [5.74, 6) is 0.744. The Bertz CT molecular complexity index is 1010. The van der Waals surface area contributed by atoms with Gasteiger partial charge >= 0.3 is 0 Å². The van der Waals surface area contributed by atoms with Gasteiger partial charge < -0.3 is 4.90 Å². The molecule has 0 atom stereocenters. The zero-order valence-corrected chi connectivity index (χ0v) is 19.1. The lowest BCUT2D eigenvalue weighted by molar-refractivity contribution is 0.0628. The molecule has 0 radical (unpaired) electrons. The minimum atomic E-state index is -3.20. The largest absolute Gasteiger partial charge is 0.336 e. The highest BCUT2D eigenvalue weighted by molar-refractivity contribution is 7.93. The van der Waals surface area contributed by atoms with Crippen LogP contribution in [0.5, 0.6) is 0 Å². The predicted molar refractivity (Wildman–Crippen MR) is 124 cm³/mol. The maximum Gasteiger partial charge on any atom is 0.253 e. The van der Waals surface area contributed by atoms with E-state index < -0.39 is 10.0 Å². The molecule has 2 aliphatic heterocycles. The maximum atomic E-state index is 12.9. The number of carbonyl (C=O) groups excluding carboxylic acids is 1. The average molecular weight is 442 g/mol. The zero-order chi connectivity index (χ0) is 22.0. The smallest absolute Gasteiger partial charge is 0.253 e. The van der Waals surface area contributed by atoms with E-state index in [1.807, 2.05) is 4.90 Å². The fraction of sp³-hybridized carbons (Fsp3) is 0.458. The highest BCUT2D eigenvalue weighted by Gasteiger charge is 2.29. The van der Waals surface area contributed by atoms with E-state index in [4.69, 9.17) is 0 Å². The number of rotatable bonds is 5. The molecule has 2 aromatic rings. The summed E-state index contributed by atoms with van der Waals surface area (Å²) in [7, 11) is -3.20. The van der Waals surface area contributed by atoms with E-state index in [9.17, 15) is 13.2 Å². The van der Waals surface area contributed by atoms with Crippen molar-refractivity contribution in [3.63, 3.8) is 0 Å². The van der Waals surface area contributed by atoms with Crippen LogP contribution in [0.4, 0.5) is 5.69 Å². The van der Waals surface area contributed by atoms with Crippen LogP contribution >= 0.6 is 0 Å². The minimum absolute atomic E-state index is 0.0109. The van der Waals surface area contributed by atoms with E-state index in [1.165, 1.54) is 15.4 Å². The predicted octanol–water partition coefficient (Wildman–Crippen LogP) is 3.31. The van der Waals surface area contributed by atoms with Gasteiger partial charge in [-0.1, -0.05) is 38.1 Å². The number of nitrogens with zero attached hydrogens (tertiary/aromatic N) is 3. The summed E-state index contributed by atoms with van der Waals surface area (Å²) in [6.45, 7) is 8.91. The Balaban J connectivity index is 1.32. The van der Waals surface area contributed by atoms with Crippen LogP contribution in [0.3, 0.4) is 0 Å². The molecule has 0 spiro atoms. The number of hydrogen-bond acceptors (Lipinski definition) is 4. The van der Waals surface area contributed by atoms with Crippen molar-refractivity contribution in [3.05, 3.63) is 65.2 Å². The van der Waals surface area contributed by atoms with Crippen molar-refractivity contribution in [3.8, 4) is 0 Å². The molecule has 1 amide bonds. The summed E-state index contributed by atoms with van der Waals surface area (Å²) in [5.41, 5.74) is 3.91. The molecule has 0 aliphatic carbocycles. The van der Waals surface area contributed by atoms with Crippen LogP contribution in [0.15, 0.2) is 48.5 Å². The van der Waals surface area contributed by atoms with Gasteiger partial charge in [-0.15, -0.1) is 0 Å². The first-order valence-electron chi connectivity index (χ1n) is 11.0. The molecule has 7 heteroatoms. The number of hydrogen-bond donors (Lipinski definition) is 0. The van der Waals surface area contributed by atoms with E-state index in [1.54, 1.807) is 24.3 Å². The minimum Gasteiger partial charge on any atom is -0.336 e. The number of anilines is 1. The van der Waals surface area contributed by atoms with Gasteiger partial charge in [-0.2, -0.15) is 0 Å². The van der Waals surface area contributed by atoms with Crippen molar-refractivity contribution in [1.82, 2.24) is 9.80 Å². The summed E-state index contributed by atoms with van der Waals surface area (Å²) in [6.07, 6.45) is 0.648. The van der Waals surface area contributed by atoms with Gasteiger partial charge in [0.25, 0.3) is 5.91 Å². The Hall–Kier alpha value is -2.38. The number of carbonyl (C=O) groups is 1. The Kier molecular flexibility index (Phi) is 6.34. The Morgan fingerprint density at radius 2 is 1.55 bits per heavy atom. The van der Waals surface area contributed by atoms with Crippen LogP contribution in [0, 0.1) is 0 Å². The lowest BCUT2D eigenvalue weighted by atomic mass is 10.0. The van der Waals surface area contributed by atoms with Crippen molar-refractivity contribution >= 4 is 21.6 Å². The van der Waals surface area contributed by atoms with E-state index >= 15 is 0 Å². The molecule has 2 heterocycles. The van der Waals surface area contributed by atoms with E-state index in [0.717, 1.165) is 19.6 Å². The molecule has 2 saturated heterocycles. The molecular weight excluding hydrogens is 410 g/mol. The van der Waals surface area contributed by atoms with Gasteiger partial charge in [-0.05, 0) is 47.7 Å². The normalized spacial score (nSPS) is 19.2. The molecule has 4 rings (SSSR count). The summed E-state index contributed by atoms with van der Waals surface area (Å²) in [4.78, 5) is 17.2. The van der Waals surface area contributed by atoms with E-state index in [2.05, 4.69) is 43.0 Å². The van der Waals surface area contributed by atoms with Gasteiger partial charge in [0, 0.05) is 44.8 Å². The first-order chi connectivity index (χ1) is 14.8. The molecule has 0 N–H and O–H groups in total. The Morgan fingerprint density at radius 1 is 0.903 bits per heavy atom. The van der Waals surface area contributed by atoms with Gasteiger partial charge in [0.15, 0.2) is 0 Å². The second-order valence-electron chi connectivity index (χ2n) is 8.75. The lowest BCUT2D eigenvalue weighted by Gasteiger charge is -2.35. The molecular formula is C24H31N3O3S. The number of sulfonamides is 1. The van der Waals surface area contributed by atoms with Crippen LogP contribution in [0.1, 0.15) is 47.7 Å². The first-order valence-corrected chi connectivity index (χ1v) is 12.7. The van der Waals surface area contributed by atoms with Crippen molar-refractivity contribution in [2.24, 2.45) is 0 Å². The van der Waals surface area contributed by atoms with Crippen molar-refractivity contribution < 1.29 is 13.2 Å². The van der Waals surface area contributed by atoms with Crippen LogP contribution < -0.4 is 4.31 Å². The van der Waals surface area contributed by atoms with Crippen molar-refractivity contribution in [1.29, 1.82) is 0 Å². The molecule has 0 saturated carbocycles. The molecule has 166 valence electrons. The first kappa shape index (κ1) is 21.8. The zero-order valence-electron chi connectivity index (χ0n) is 18.3. The van der Waals surface area contributed by atoms with Crippen molar-refractivity contribution in [2.45, 2.75) is 32.7 Å². The number of piperazine rings is 1. The van der Waals surface area contributed by atoms with Gasteiger partial charge in [0.2, 0.25) is 10.0 Å². The van der Waals surface area contributed by atoms with Crippen LogP contribution in [0.25, 0.3) is 0 Å². The van der Waals surface area contributed by atoms with Gasteiger partial charge in [-0.25, -0.2) is 8.42 Å². The molecule has 0 unspecified atom stereocenters. The lowest BCUT2D eigenvalue weighted by Crippen LogP contribution is -2.48. The third-order valence-corrected chi connectivity index (χ3v) is 8.08. The third-order valence-electron chi connectivity index (χ3n) is 6.21. The summed E-state index contributed by atoms with van der Waals surface area (Å²) >= 11 is 0. The molecule has 2 aliphatic rings. The third kappa shape index (κ3) is 4.93. The second-order valence-corrected chi connectivity index (χ2v) is 10.8. The summed E-state index contributed by atoms with van der Waals surface area (Å²) in [5, 5.41) is 0. The standard InChI is InChI=1S/C24H31N3O3S/c1-19(2)21-6-4-20(5-7-21)18-25-13-15-26(16-14-25)24(28)22-8-10-23(11-9-22)27-12-3-17-31(27,29)30/h4-11,19H,3,12-18H2,1-2H3. The monoisotopic (exact) mass is 441 g/mol. The molecule has 31 heavy (non-hydrogen) atoms. The van der Waals surface area contributed by atoms with Crippen LogP contribution in [-0.4, -0.2) is 62.6 Å². The van der Waals surface area contributed by atoms with Crippen LogP contribution in [-0.2, 0) is 16.6 Å². The van der Waals surface area contributed by atoms with E-state index in [0.29, 0.717) is 43.2 Å². The second kappa shape index (κ2) is 9.01. The molecule has 0 aromatic heterocycles. The van der Waals surface area contributed by atoms with Crippen molar-refractivity contribution in [2.75, 3.05) is 42.8 Å².